The lowest BCUT2D eigenvalue weighted by molar-refractivity contribution is -0.124. The minimum absolute atomic E-state index is 0.196. The van der Waals surface area contributed by atoms with Gasteiger partial charge in [0, 0.05) is 6.20 Å². The normalized spacial score (nSPS) is 13.2. The number of esters is 1. The number of ether oxygens (including phenoxy) is 3. The maximum atomic E-state index is 12.1. The number of pyridine rings is 1. The van der Waals surface area contributed by atoms with Crippen LogP contribution in [0.15, 0.2) is 41.6 Å². The first-order valence-electron chi connectivity index (χ1n) is 7.93. The molecule has 1 aromatic carbocycles. The second-order valence-electron chi connectivity index (χ2n) is 5.54. The number of carbonyl (C=O) groups is 2. The fourth-order valence-corrected chi connectivity index (χ4v) is 3.00. The van der Waals surface area contributed by atoms with Crippen LogP contribution in [0, 0.1) is 0 Å². The first-order chi connectivity index (χ1) is 12.6. The lowest BCUT2D eigenvalue weighted by Crippen LogP contribution is -2.31. The third kappa shape index (κ3) is 4.08. The van der Waals surface area contributed by atoms with Crippen molar-refractivity contribution in [2.45, 2.75) is 18.0 Å². The predicted octanol–water partition coefficient (Wildman–Crippen LogP) is 2.57. The number of benzene rings is 1. The van der Waals surface area contributed by atoms with Crippen LogP contribution >= 0.6 is 11.8 Å². The molecular weight excluding hydrogens is 356 g/mol. The molecular formula is C18H18N2O5S. The Bertz CT molecular complexity index is 827. The zero-order valence-corrected chi connectivity index (χ0v) is 15.2. The lowest BCUT2D eigenvalue weighted by Gasteiger charge is -2.15. The summed E-state index contributed by atoms with van der Waals surface area (Å²) in [4.78, 5) is 28.3. The van der Waals surface area contributed by atoms with E-state index in [0.29, 0.717) is 22.1 Å². The van der Waals surface area contributed by atoms with Gasteiger partial charge in [-0.15, -0.1) is 11.8 Å². The SMILES string of the molecule is CSc1ncccc1C(=O)OCC(=O)N[C@H](C)c1ccc2c(c1)OCO2. The van der Waals surface area contributed by atoms with Gasteiger partial charge in [-0.3, -0.25) is 4.79 Å². The zero-order chi connectivity index (χ0) is 18.5. The van der Waals surface area contributed by atoms with Crippen molar-refractivity contribution in [2.75, 3.05) is 19.7 Å². The van der Waals surface area contributed by atoms with Crippen molar-refractivity contribution in [1.82, 2.24) is 10.3 Å². The van der Waals surface area contributed by atoms with E-state index in [9.17, 15) is 9.59 Å². The number of hydrogen-bond donors (Lipinski definition) is 1. The molecule has 1 N–H and O–H groups in total. The molecule has 7 nitrogen and oxygen atoms in total. The van der Waals surface area contributed by atoms with E-state index in [0.717, 1.165) is 5.56 Å². The van der Waals surface area contributed by atoms with Crippen LogP contribution < -0.4 is 14.8 Å². The molecule has 2 heterocycles. The number of thioether (sulfide) groups is 1. The van der Waals surface area contributed by atoms with Crippen LogP contribution in [0.1, 0.15) is 28.9 Å². The highest BCUT2D eigenvalue weighted by molar-refractivity contribution is 7.98. The molecule has 0 bridgehead atoms. The van der Waals surface area contributed by atoms with Gasteiger partial charge >= 0.3 is 5.97 Å². The Morgan fingerprint density at radius 2 is 2.12 bits per heavy atom. The van der Waals surface area contributed by atoms with Gasteiger partial charge in [0.15, 0.2) is 18.1 Å². The van der Waals surface area contributed by atoms with Crippen molar-refractivity contribution in [3.63, 3.8) is 0 Å². The number of fused-ring (bicyclic) bond motifs is 1. The molecule has 3 rings (SSSR count). The Kier molecular flexibility index (Phi) is 5.62. The number of nitrogens with one attached hydrogen (secondary N) is 1. The molecule has 136 valence electrons. The minimum Gasteiger partial charge on any atom is -0.454 e. The molecule has 1 aromatic heterocycles. The van der Waals surface area contributed by atoms with Gasteiger partial charge in [0.25, 0.3) is 5.91 Å². The molecule has 0 fully saturated rings. The zero-order valence-electron chi connectivity index (χ0n) is 14.4. The van der Waals surface area contributed by atoms with Crippen LogP contribution in [0.2, 0.25) is 0 Å². The Labute approximate surface area is 155 Å². The van der Waals surface area contributed by atoms with Gasteiger partial charge in [0.1, 0.15) is 5.03 Å². The number of aromatic nitrogens is 1. The quantitative estimate of drug-likeness (QED) is 0.614. The van der Waals surface area contributed by atoms with E-state index in [1.807, 2.05) is 25.3 Å². The smallest absolute Gasteiger partial charge is 0.341 e. The molecule has 0 spiro atoms. The molecule has 0 saturated heterocycles. The summed E-state index contributed by atoms with van der Waals surface area (Å²) in [5.74, 6) is 0.366. The molecule has 1 amide bonds. The van der Waals surface area contributed by atoms with E-state index in [1.54, 1.807) is 24.4 Å². The van der Waals surface area contributed by atoms with Crippen molar-refractivity contribution < 1.29 is 23.8 Å². The second-order valence-corrected chi connectivity index (χ2v) is 6.33. The van der Waals surface area contributed by atoms with E-state index >= 15 is 0 Å². The first-order valence-corrected chi connectivity index (χ1v) is 9.16. The number of rotatable bonds is 6. The topological polar surface area (TPSA) is 86.8 Å². The van der Waals surface area contributed by atoms with Gasteiger partial charge in [0.2, 0.25) is 6.79 Å². The van der Waals surface area contributed by atoms with E-state index in [1.165, 1.54) is 11.8 Å². The maximum Gasteiger partial charge on any atom is 0.341 e. The third-order valence-electron chi connectivity index (χ3n) is 3.79. The van der Waals surface area contributed by atoms with Crippen molar-refractivity contribution in [2.24, 2.45) is 0 Å². The molecule has 2 aromatic rings. The number of amides is 1. The van der Waals surface area contributed by atoms with Crippen LogP contribution in [0.25, 0.3) is 0 Å². The summed E-state index contributed by atoms with van der Waals surface area (Å²) in [6.45, 7) is 1.67. The molecule has 0 radical (unpaired) electrons. The predicted molar refractivity (Wildman–Crippen MR) is 95.4 cm³/mol. The van der Waals surface area contributed by atoms with Crippen molar-refractivity contribution in [1.29, 1.82) is 0 Å². The Hall–Kier alpha value is -2.74. The molecule has 0 unspecified atom stereocenters. The van der Waals surface area contributed by atoms with Gasteiger partial charge in [-0.05, 0) is 43.0 Å². The fourth-order valence-electron chi connectivity index (χ4n) is 2.47. The van der Waals surface area contributed by atoms with Crippen molar-refractivity contribution in [3.8, 4) is 11.5 Å². The number of nitrogens with zero attached hydrogens (tertiary/aromatic N) is 1. The Balaban J connectivity index is 1.54. The highest BCUT2D eigenvalue weighted by atomic mass is 32.2. The minimum atomic E-state index is -0.576. The Morgan fingerprint density at radius 1 is 1.31 bits per heavy atom. The first kappa shape index (κ1) is 18.1. The maximum absolute atomic E-state index is 12.1. The largest absolute Gasteiger partial charge is 0.454 e. The molecule has 26 heavy (non-hydrogen) atoms. The van der Waals surface area contributed by atoms with Gasteiger partial charge in [-0.25, -0.2) is 9.78 Å². The summed E-state index contributed by atoms with van der Waals surface area (Å²) in [7, 11) is 0. The van der Waals surface area contributed by atoms with E-state index in [2.05, 4.69) is 10.3 Å². The molecule has 1 aliphatic rings. The summed E-state index contributed by atoms with van der Waals surface area (Å²) in [5.41, 5.74) is 1.21. The number of carbonyl (C=O) groups excluding carboxylic acids is 2. The van der Waals surface area contributed by atoms with Gasteiger partial charge in [0.05, 0.1) is 11.6 Å². The average molecular weight is 374 g/mol. The average Bonchev–Trinajstić information content (AvgIpc) is 3.13. The highest BCUT2D eigenvalue weighted by Crippen LogP contribution is 2.34. The molecule has 1 aliphatic heterocycles. The highest BCUT2D eigenvalue weighted by Gasteiger charge is 2.18. The number of hydrogen-bond acceptors (Lipinski definition) is 7. The summed E-state index contributed by atoms with van der Waals surface area (Å²) in [6.07, 6.45) is 3.42. The van der Waals surface area contributed by atoms with Crippen LogP contribution in [0.4, 0.5) is 0 Å². The molecule has 1 atom stereocenters. The molecule has 0 aliphatic carbocycles. The lowest BCUT2D eigenvalue weighted by atomic mass is 10.1. The summed E-state index contributed by atoms with van der Waals surface area (Å²) in [5, 5.41) is 3.35. The second kappa shape index (κ2) is 8.09. The van der Waals surface area contributed by atoms with E-state index in [-0.39, 0.29) is 19.4 Å². The van der Waals surface area contributed by atoms with Crippen molar-refractivity contribution >= 4 is 23.6 Å². The fraction of sp³-hybridized carbons (Fsp3) is 0.278. The van der Waals surface area contributed by atoms with Crippen LogP contribution in [-0.2, 0) is 9.53 Å². The van der Waals surface area contributed by atoms with E-state index in [4.69, 9.17) is 14.2 Å². The van der Waals surface area contributed by atoms with Gasteiger partial charge in [-0.1, -0.05) is 6.07 Å². The summed E-state index contributed by atoms with van der Waals surface area (Å²) >= 11 is 1.34. The van der Waals surface area contributed by atoms with Gasteiger partial charge in [-0.2, -0.15) is 0 Å². The van der Waals surface area contributed by atoms with Crippen molar-refractivity contribution in [3.05, 3.63) is 47.7 Å². The standard InChI is InChI=1S/C18H18N2O5S/c1-11(12-5-6-14-15(8-12)25-10-24-14)20-16(21)9-23-18(22)13-4-3-7-19-17(13)26-2/h3-8,11H,9-10H2,1-2H3,(H,20,21)/t11-/m1/s1. The van der Waals surface area contributed by atoms with Crippen LogP contribution in [0.3, 0.4) is 0 Å². The van der Waals surface area contributed by atoms with Gasteiger partial charge < -0.3 is 19.5 Å². The molecule has 8 heteroatoms. The summed E-state index contributed by atoms with van der Waals surface area (Å²) < 4.78 is 15.7. The van der Waals surface area contributed by atoms with Crippen LogP contribution in [0.5, 0.6) is 11.5 Å². The van der Waals surface area contributed by atoms with Crippen LogP contribution in [-0.4, -0.2) is 36.5 Å². The Morgan fingerprint density at radius 3 is 2.92 bits per heavy atom. The van der Waals surface area contributed by atoms with E-state index < -0.39 is 11.9 Å². The monoisotopic (exact) mass is 374 g/mol. The summed E-state index contributed by atoms with van der Waals surface area (Å²) in [6, 6.07) is 8.47. The third-order valence-corrected chi connectivity index (χ3v) is 4.50. The molecule has 0 saturated carbocycles.